The van der Waals surface area contributed by atoms with Gasteiger partial charge < -0.3 is 14.8 Å². The number of ether oxygens (including phenoxy) is 2. The molecule has 5 heteroatoms. The quantitative estimate of drug-likeness (QED) is 0.876. The molecule has 2 aromatic rings. The van der Waals surface area contributed by atoms with Gasteiger partial charge >= 0.3 is 0 Å². The summed E-state index contributed by atoms with van der Waals surface area (Å²) in [4.78, 5) is 0. The van der Waals surface area contributed by atoms with E-state index in [2.05, 4.69) is 17.3 Å². The molecule has 1 aromatic heterocycles. The lowest BCUT2D eigenvalue weighted by atomic mass is 10.2. The SMILES string of the molecule is COc1ccc(CNCc2cnn(C)c2C)cc1OC. The molecule has 0 saturated heterocycles. The van der Waals surface area contributed by atoms with Gasteiger partial charge in [-0.2, -0.15) is 5.10 Å². The van der Waals surface area contributed by atoms with Crippen molar-refractivity contribution in [1.82, 2.24) is 15.1 Å². The molecule has 0 aliphatic carbocycles. The van der Waals surface area contributed by atoms with E-state index < -0.39 is 0 Å². The van der Waals surface area contributed by atoms with Gasteiger partial charge in [-0.3, -0.25) is 4.68 Å². The van der Waals surface area contributed by atoms with Crippen LogP contribution in [0.25, 0.3) is 0 Å². The fourth-order valence-electron chi connectivity index (χ4n) is 2.05. The van der Waals surface area contributed by atoms with Gasteiger partial charge in [-0.05, 0) is 24.6 Å². The molecule has 0 spiro atoms. The zero-order valence-electron chi connectivity index (χ0n) is 12.4. The van der Waals surface area contributed by atoms with Crippen LogP contribution in [-0.4, -0.2) is 24.0 Å². The Balaban J connectivity index is 1.96. The van der Waals surface area contributed by atoms with Crippen molar-refractivity contribution in [1.29, 1.82) is 0 Å². The largest absolute Gasteiger partial charge is 0.493 e. The molecule has 0 unspecified atom stereocenters. The van der Waals surface area contributed by atoms with Gasteiger partial charge in [0, 0.05) is 31.4 Å². The molecule has 0 fully saturated rings. The third-order valence-electron chi connectivity index (χ3n) is 3.43. The Bertz CT molecular complexity index is 578. The van der Waals surface area contributed by atoms with Crippen molar-refractivity contribution in [2.45, 2.75) is 20.0 Å². The molecule has 0 aliphatic heterocycles. The first kappa shape index (κ1) is 14.4. The van der Waals surface area contributed by atoms with Crippen LogP contribution < -0.4 is 14.8 Å². The van der Waals surface area contributed by atoms with Crippen LogP contribution in [-0.2, 0) is 20.1 Å². The Morgan fingerprint density at radius 2 is 1.90 bits per heavy atom. The Labute approximate surface area is 119 Å². The molecular formula is C15H21N3O2. The fourth-order valence-corrected chi connectivity index (χ4v) is 2.05. The standard InChI is InChI=1S/C15H21N3O2/c1-11-13(10-17-18(11)2)9-16-8-12-5-6-14(19-3)15(7-12)20-4/h5-7,10,16H,8-9H2,1-4H3. The van der Waals surface area contributed by atoms with E-state index in [0.717, 1.165) is 30.2 Å². The van der Waals surface area contributed by atoms with Gasteiger partial charge in [-0.1, -0.05) is 6.07 Å². The molecule has 0 atom stereocenters. The molecular weight excluding hydrogens is 254 g/mol. The highest BCUT2D eigenvalue weighted by Gasteiger charge is 2.06. The van der Waals surface area contributed by atoms with Crippen LogP contribution in [0.2, 0.25) is 0 Å². The minimum Gasteiger partial charge on any atom is -0.493 e. The lowest BCUT2D eigenvalue weighted by Gasteiger charge is -2.10. The van der Waals surface area contributed by atoms with Crippen molar-refractivity contribution in [2.75, 3.05) is 14.2 Å². The number of benzene rings is 1. The minimum absolute atomic E-state index is 0.749. The number of rotatable bonds is 6. The maximum atomic E-state index is 5.30. The van der Waals surface area contributed by atoms with E-state index in [-0.39, 0.29) is 0 Å². The number of methoxy groups -OCH3 is 2. The number of nitrogens with one attached hydrogen (secondary N) is 1. The number of aromatic nitrogens is 2. The van der Waals surface area contributed by atoms with E-state index in [1.807, 2.05) is 36.1 Å². The number of hydrogen-bond acceptors (Lipinski definition) is 4. The Morgan fingerprint density at radius 3 is 2.50 bits per heavy atom. The van der Waals surface area contributed by atoms with Gasteiger partial charge in [0.15, 0.2) is 11.5 Å². The lowest BCUT2D eigenvalue weighted by molar-refractivity contribution is 0.354. The van der Waals surface area contributed by atoms with Crippen LogP contribution in [0.1, 0.15) is 16.8 Å². The number of aryl methyl sites for hydroxylation is 1. The Morgan fingerprint density at radius 1 is 1.15 bits per heavy atom. The topological polar surface area (TPSA) is 48.3 Å². The van der Waals surface area contributed by atoms with E-state index in [0.29, 0.717) is 0 Å². The summed E-state index contributed by atoms with van der Waals surface area (Å²) in [6.45, 7) is 3.64. The summed E-state index contributed by atoms with van der Waals surface area (Å²) in [5.41, 5.74) is 3.56. The van der Waals surface area contributed by atoms with Crippen LogP contribution in [0.15, 0.2) is 24.4 Å². The summed E-state index contributed by atoms with van der Waals surface area (Å²) >= 11 is 0. The third-order valence-corrected chi connectivity index (χ3v) is 3.43. The number of hydrogen-bond donors (Lipinski definition) is 1. The first-order chi connectivity index (χ1) is 9.65. The smallest absolute Gasteiger partial charge is 0.161 e. The zero-order valence-corrected chi connectivity index (χ0v) is 12.4. The molecule has 0 bridgehead atoms. The highest BCUT2D eigenvalue weighted by Crippen LogP contribution is 2.27. The van der Waals surface area contributed by atoms with Crippen molar-refractivity contribution < 1.29 is 9.47 Å². The molecule has 2 rings (SSSR count). The molecule has 0 amide bonds. The zero-order chi connectivity index (χ0) is 14.5. The molecule has 1 N–H and O–H groups in total. The van der Waals surface area contributed by atoms with Crippen molar-refractivity contribution in [3.8, 4) is 11.5 Å². The van der Waals surface area contributed by atoms with E-state index in [9.17, 15) is 0 Å². The number of nitrogens with zero attached hydrogens (tertiary/aromatic N) is 2. The van der Waals surface area contributed by atoms with Crippen molar-refractivity contribution in [3.63, 3.8) is 0 Å². The maximum absolute atomic E-state index is 5.30. The highest BCUT2D eigenvalue weighted by atomic mass is 16.5. The highest BCUT2D eigenvalue weighted by molar-refractivity contribution is 5.42. The van der Waals surface area contributed by atoms with Gasteiger partial charge in [-0.15, -0.1) is 0 Å². The van der Waals surface area contributed by atoms with E-state index in [1.54, 1.807) is 14.2 Å². The molecule has 0 radical (unpaired) electrons. The second-order valence-corrected chi connectivity index (χ2v) is 4.67. The van der Waals surface area contributed by atoms with E-state index in [4.69, 9.17) is 9.47 Å². The molecule has 0 aliphatic rings. The molecule has 1 heterocycles. The summed E-state index contributed by atoms with van der Waals surface area (Å²) in [6, 6.07) is 5.94. The van der Waals surface area contributed by atoms with Crippen molar-refractivity contribution >= 4 is 0 Å². The van der Waals surface area contributed by atoms with Gasteiger partial charge in [0.25, 0.3) is 0 Å². The average Bonchev–Trinajstić information content (AvgIpc) is 2.79. The molecule has 1 aromatic carbocycles. The first-order valence-corrected chi connectivity index (χ1v) is 6.54. The maximum Gasteiger partial charge on any atom is 0.161 e. The first-order valence-electron chi connectivity index (χ1n) is 6.54. The van der Waals surface area contributed by atoms with Crippen LogP contribution in [0, 0.1) is 6.92 Å². The van der Waals surface area contributed by atoms with E-state index >= 15 is 0 Å². The Hall–Kier alpha value is -2.01. The fraction of sp³-hybridized carbons (Fsp3) is 0.400. The van der Waals surface area contributed by atoms with Crippen LogP contribution in [0.4, 0.5) is 0 Å². The predicted molar refractivity (Wildman–Crippen MR) is 78.0 cm³/mol. The monoisotopic (exact) mass is 275 g/mol. The van der Waals surface area contributed by atoms with Gasteiger partial charge in [-0.25, -0.2) is 0 Å². The second kappa shape index (κ2) is 6.43. The third kappa shape index (κ3) is 3.11. The van der Waals surface area contributed by atoms with Crippen LogP contribution in [0.5, 0.6) is 11.5 Å². The van der Waals surface area contributed by atoms with Crippen molar-refractivity contribution in [2.24, 2.45) is 7.05 Å². The van der Waals surface area contributed by atoms with Gasteiger partial charge in [0.2, 0.25) is 0 Å². The summed E-state index contributed by atoms with van der Waals surface area (Å²) in [5.74, 6) is 1.50. The van der Waals surface area contributed by atoms with Crippen LogP contribution >= 0.6 is 0 Å². The minimum atomic E-state index is 0.749. The molecule has 5 nitrogen and oxygen atoms in total. The average molecular weight is 275 g/mol. The summed E-state index contributed by atoms with van der Waals surface area (Å²) in [6.07, 6.45) is 1.90. The van der Waals surface area contributed by atoms with Gasteiger partial charge in [0.05, 0.1) is 20.4 Å². The lowest BCUT2D eigenvalue weighted by Crippen LogP contribution is -2.13. The Kier molecular flexibility index (Phi) is 4.63. The van der Waals surface area contributed by atoms with Gasteiger partial charge in [0.1, 0.15) is 0 Å². The van der Waals surface area contributed by atoms with Crippen molar-refractivity contribution in [3.05, 3.63) is 41.2 Å². The summed E-state index contributed by atoms with van der Waals surface area (Å²) in [5, 5.41) is 7.64. The molecule has 0 saturated carbocycles. The normalized spacial score (nSPS) is 10.6. The predicted octanol–water partition coefficient (Wildman–Crippen LogP) is 2.04. The molecule has 20 heavy (non-hydrogen) atoms. The summed E-state index contributed by atoms with van der Waals surface area (Å²) in [7, 11) is 5.24. The van der Waals surface area contributed by atoms with E-state index in [1.165, 1.54) is 11.3 Å². The van der Waals surface area contributed by atoms with Crippen LogP contribution in [0.3, 0.4) is 0 Å². The molecule has 108 valence electrons. The second-order valence-electron chi connectivity index (χ2n) is 4.67. The summed E-state index contributed by atoms with van der Waals surface area (Å²) < 4.78 is 12.4.